The van der Waals surface area contributed by atoms with Gasteiger partial charge in [0.15, 0.2) is 10.3 Å². The number of anilines is 2. The molecule has 3 aromatic rings. The summed E-state index contributed by atoms with van der Waals surface area (Å²) in [6.45, 7) is 3.87. The van der Waals surface area contributed by atoms with Crippen molar-refractivity contribution in [3.8, 4) is 0 Å². The van der Waals surface area contributed by atoms with Crippen LogP contribution in [0.15, 0.2) is 18.2 Å². The molecule has 1 fully saturated rings. The fourth-order valence-corrected chi connectivity index (χ4v) is 6.27. The highest BCUT2D eigenvalue weighted by Crippen LogP contribution is 2.33. The number of thiazole rings is 2. The first kappa shape index (κ1) is 18.1. The summed E-state index contributed by atoms with van der Waals surface area (Å²) in [5.41, 5.74) is 3.53. The van der Waals surface area contributed by atoms with E-state index in [0.29, 0.717) is 0 Å². The number of hydrogen-bond acceptors (Lipinski definition) is 6. The van der Waals surface area contributed by atoms with Crippen LogP contribution in [0.5, 0.6) is 0 Å². The maximum Gasteiger partial charge on any atom is 0.229 e. The van der Waals surface area contributed by atoms with E-state index in [-0.39, 0.29) is 11.8 Å². The Bertz CT molecular complexity index is 993. The highest BCUT2D eigenvalue weighted by atomic mass is 32.1. The minimum atomic E-state index is 0.0637. The number of amides is 1. The number of aryl methyl sites for hydroxylation is 3. The lowest BCUT2D eigenvalue weighted by Crippen LogP contribution is -2.38. The van der Waals surface area contributed by atoms with Gasteiger partial charge in [-0.15, -0.1) is 11.3 Å². The third-order valence-electron chi connectivity index (χ3n) is 5.74. The molecule has 1 aliphatic carbocycles. The van der Waals surface area contributed by atoms with Crippen molar-refractivity contribution >= 4 is 49.1 Å². The normalized spacial score (nSPS) is 17.7. The van der Waals surface area contributed by atoms with E-state index in [1.165, 1.54) is 33.7 Å². The highest BCUT2D eigenvalue weighted by Gasteiger charge is 2.27. The first-order valence-corrected chi connectivity index (χ1v) is 11.7. The van der Waals surface area contributed by atoms with Gasteiger partial charge in [0.2, 0.25) is 5.91 Å². The van der Waals surface area contributed by atoms with E-state index in [9.17, 15) is 4.79 Å². The van der Waals surface area contributed by atoms with Crippen LogP contribution in [0.25, 0.3) is 10.2 Å². The number of rotatable bonds is 3. The van der Waals surface area contributed by atoms with Gasteiger partial charge in [-0.05, 0) is 63.1 Å². The molecule has 0 atom stereocenters. The molecular weight excluding hydrogens is 388 g/mol. The number of benzene rings is 1. The van der Waals surface area contributed by atoms with Gasteiger partial charge in [0.25, 0.3) is 0 Å². The van der Waals surface area contributed by atoms with Crippen LogP contribution in [0, 0.1) is 12.8 Å². The maximum absolute atomic E-state index is 12.7. The number of piperidine rings is 1. The smallest absolute Gasteiger partial charge is 0.229 e. The Kier molecular flexibility index (Phi) is 4.80. The van der Waals surface area contributed by atoms with E-state index in [0.717, 1.165) is 54.6 Å². The SMILES string of the molecule is Cc1ccc2nc(N3CCC(C(=O)Nc4nc5c(s4)CCCC5)CC3)sc2c1. The Labute approximate surface area is 172 Å². The van der Waals surface area contributed by atoms with Gasteiger partial charge < -0.3 is 10.2 Å². The van der Waals surface area contributed by atoms with Crippen molar-refractivity contribution in [1.82, 2.24) is 9.97 Å². The highest BCUT2D eigenvalue weighted by molar-refractivity contribution is 7.22. The molecule has 1 aliphatic heterocycles. The van der Waals surface area contributed by atoms with Gasteiger partial charge in [-0.3, -0.25) is 4.79 Å². The van der Waals surface area contributed by atoms with Gasteiger partial charge in [-0.2, -0.15) is 0 Å². The first-order valence-electron chi connectivity index (χ1n) is 10.1. The number of carbonyl (C=O) groups is 1. The van der Waals surface area contributed by atoms with Crippen molar-refractivity contribution in [2.75, 3.05) is 23.3 Å². The zero-order valence-electron chi connectivity index (χ0n) is 16.0. The molecule has 7 heteroatoms. The predicted molar refractivity (Wildman–Crippen MR) is 117 cm³/mol. The topological polar surface area (TPSA) is 58.1 Å². The molecule has 1 saturated heterocycles. The molecule has 146 valence electrons. The van der Waals surface area contributed by atoms with Gasteiger partial charge in [-0.1, -0.05) is 17.4 Å². The van der Waals surface area contributed by atoms with Gasteiger partial charge in [0.1, 0.15) is 0 Å². The van der Waals surface area contributed by atoms with Crippen molar-refractivity contribution in [2.45, 2.75) is 45.4 Å². The molecule has 28 heavy (non-hydrogen) atoms. The molecule has 3 heterocycles. The summed E-state index contributed by atoms with van der Waals surface area (Å²) in [6, 6.07) is 6.40. The van der Waals surface area contributed by atoms with E-state index in [1.54, 1.807) is 22.7 Å². The van der Waals surface area contributed by atoms with E-state index in [2.05, 4.69) is 40.3 Å². The van der Waals surface area contributed by atoms with Crippen LogP contribution in [0.3, 0.4) is 0 Å². The second-order valence-corrected chi connectivity index (χ2v) is 9.91. The molecular formula is C21H24N4OS2. The standard InChI is InChI=1S/C21H24N4OS2/c1-13-6-7-16-18(12-13)28-21(23-16)25-10-8-14(9-11-25)19(26)24-20-22-15-4-2-3-5-17(15)27-20/h6-7,12,14H,2-5,8-11H2,1H3,(H,22,24,26). The largest absolute Gasteiger partial charge is 0.348 e. The van der Waals surface area contributed by atoms with Crippen LogP contribution in [0.4, 0.5) is 10.3 Å². The number of nitrogens with zero attached hydrogens (tertiary/aromatic N) is 3. The monoisotopic (exact) mass is 412 g/mol. The van der Waals surface area contributed by atoms with E-state index in [1.807, 2.05) is 0 Å². The lowest BCUT2D eigenvalue weighted by Gasteiger charge is -2.30. The summed E-state index contributed by atoms with van der Waals surface area (Å²) in [5.74, 6) is 0.194. The van der Waals surface area contributed by atoms with Crippen molar-refractivity contribution < 1.29 is 4.79 Å². The van der Waals surface area contributed by atoms with Crippen molar-refractivity contribution in [3.05, 3.63) is 34.3 Å². The molecule has 5 rings (SSSR count). The number of carbonyl (C=O) groups excluding carboxylic acids is 1. The number of aromatic nitrogens is 2. The second-order valence-electron chi connectivity index (χ2n) is 7.81. The van der Waals surface area contributed by atoms with Gasteiger partial charge in [0, 0.05) is 23.9 Å². The fourth-order valence-electron chi connectivity index (χ4n) is 4.10. The third-order valence-corrected chi connectivity index (χ3v) is 7.90. The van der Waals surface area contributed by atoms with Crippen LogP contribution < -0.4 is 10.2 Å². The van der Waals surface area contributed by atoms with Crippen LogP contribution in [0.1, 0.15) is 41.8 Å². The van der Waals surface area contributed by atoms with E-state index < -0.39 is 0 Å². The van der Waals surface area contributed by atoms with Gasteiger partial charge in [0.05, 0.1) is 15.9 Å². The third kappa shape index (κ3) is 3.53. The predicted octanol–water partition coefficient (Wildman–Crippen LogP) is 4.80. The summed E-state index contributed by atoms with van der Waals surface area (Å²) < 4.78 is 1.24. The van der Waals surface area contributed by atoms with E-state index in [4.69, 9.17) is 4.98 Å². The molecule has 0 radical (unpaired) electrons. The maximum atomic E-state index is 12.7. The van der Waals surface area contributed by atoms with Crippen LogP contribution >= 0.6 is 22.7 Å². The molecule has 2 aromatic heterocycles. The number of nitrogens with one attached hydrogen (secondary N) is 1. The quantitative estimate of drug-likeness (QED) is 0.672. The van der Waals surface area contributed by atoms with Crippen molar-refractivity contribution in [3.63, 3.8) is 0 Å². The van der Waals surface area contributed by atoms with Crippen LogP contribution in [-0.2, 0) is 17.6 Å². The van der Waals surface area contributed by atoms with Crippen LogP contribution in [-0.4, -0.2) is 29.0 Å². The summed E-state index contributed by atoms with van der Waals surface area (Å²) in [6.07, 6.45) is 6.36. The Hall–Kier alpha value is -1.99. The molecule has 5 nitrogen and oxygen atoms in total. The van der Waals surface area contributed by atoms with E-state index >= 15 is 0 Å². The Morgan fingerprint density at radius 3 is 2.79 bits per heavy atom. The fraction of sp³-hybridized carbons (Fsp3) is 0.476. The minimum absolute atomic E-state index is 0.0637. The summed E-state index contributed by atoms with van der Waals surface area (Å²) in [5, 5.41) is 4.96. The molecule has 1 N–H and O–H groups in total. The Morgan fingerprint density at radius 2 is 1.96 bits per heavy atom. The lowest BCUT2D eigenvalue weighted by atomic mass is 9.96. The van der Waals surface area contributed by atoms with Crippen molar-refractivity contribution in [1.29, 1.82) is 0 Å². The number of fused-ring (bicyclic) bond motifs is 2. The van der Waals surface area contributed by atoms with Crippen molar-refractivity contribution in [2.24, 2.45) is 5.92 Å². The Morgan fingerprint density at radius 1 is 1.14 bits per heavy atom. The second kappa shape index (κ2) is 7.44. The molecule has 1 amide bonds. The van der Waals surface area contributed by atoms with Gasteiger partial charge in [-0.25, -0.2) is 9.97 Å². The lowest BCUT2D eigenvalue weighted by molar-refractivity contribution is -0.120. The summed E-state index contributed by atoms with van der Waals surface area (Å²) >= 11 is 3.42. The molecule has 2 aliphatic rings. The molecule has 0 spiro atoms. The molecule has 0 unspecified atom stereocenters. The molecule has 0 saturated carbocycles. The zero-order chi connectivity index (χ0) is 19.1. The summed E-state index contributed by atoms with van der Waals surface area (Å²) in [4.78, 5) is 25.8. The Balaban J connectivity index is 1.21. The minimum Gasteiger partial charge on any atom is -0.348 e. The molecule has 1 aromatic carbocycles. The summed E-state index contributed by atoms with van der Waals surface area (Å²) in [7, 11) is 0. The molecule has 0 bridgehead atoms. The average molecular weight is 413 g/mol. The van der Waals surface area contributed by atoms with Gasteiger partial charge >= 0.3 is 0 Å². The average Bonchev–Trinajstić information content (AvgIpc) is 3.31. The number of hydrogen-bond donors (Lipinski definition) is 1. The zero-order valence-corrected chi connectivity index (χ0v) is 17.7. The first-order chi connectivity index (χ1) is 13.7. The van der Waals surface area contributed by atoms with Crippen LogP contribution in [0.2, 0.25) is 0 Å².